The summed E-state index contributed by atoms with van der Waals surface area (Å²) < 4.78 is 1.03. The second kappa shape index (κ2) is 7.30. The highest BCUT2D eigenvalue weighted by Crippen LogP contribution is 2.27. The molecule has 0 spiro atoms. The third kappa shape index (κ3) is 4.22. The average Bonchev–Trinajstić information content (AvgIpc) is 2.46. The van der Waals surface area contributed by atoms with Crippen LogP contribution in [0.3, 0.4) is 0 Å². The molecule has 3 unspecified atom stereocenters. The zero-order chi connectivity index (χ0) is 15.4. The number of carbonyl (C=O) groups is 1. The van der Waals surface area contributed by atoms with Crippen molar-refractivity contribution in [2.24, 2.45) is 5.92 Å². The summed E-state index contributed by atoms with van der Waals surface area (Å²) in [5.74, 6) is 0.722. The molecule has 1 aromatic rings. The van der Waals surface area contributed by atoms with Gasteiger partial charge in [-0.15, -0.1) is 0 Å². The molecule has 0 bridgehead atoms. The minimum absolute atomic E-state index is 0.00320. The van der Waals surface area contributed by atoms with Crippen molar-refractivity contribution in [2.75, 3.05) is 7.05 Å². The molecular formula is C17H25BrN2O. The minimum atomic E-state index is -0.00320. The topological polar surface area (TPSA) is 32.3 Å². The van der Waals surface area contributed by atoms with Gasteiger partial charge in [0.1, 0.15) is 0 Å². The summed E-state index contributed by atoms with van der Waals surface area (Å²) in [4.78, 5) is 14.3. The lowest BCUT2D eigenvalue weighted by molar-refractivity contribution is 0.158. The summed E-state index contributed by atoms with van der Waals surface area (Å²) in [6.07, 6.45) is 4.76. The van der Waals surface area contributed by atoms with Crippen molar-refractivity contribution in [1.82, 2.24) is 10.2 Å². The zero-order valence-corrected chi connectivity index (χ0v) is 14.7. The Morgan fingerprint density at radius 3 is 2.76 bits per heavy atom. The standard InChI is InChI=1S/C17H25BrN2O/c1-12-7-6-8-14(11-12)20(3)17(21)19-13(2)15-9-4-5-10-16(15)18/h4-5,9-10,12-14H,6-8,11H2,1-3H3,(H,19,21). The van der Waals surface area contributed by atoms with Crippen molar-refractivity contribution in [2.45, 2.75) is 51.6 Å². The second-order valence-electron chi connectivity index (χ2n) is 6.23. The van der Waals surface area contributed by atoms with Crippen molar-refractivity contribution >= 4 is 22.0 Å². The molecule has 1 aliphatic rings. The molecule has 2 rings (SSSR count). The number of urea groups is 1. The molecular weight excluding hydrogens is 328 g/mol. The van der Waals surface area contributed by atoms with E-state index in [0.29, 0.717) is 6.04 Å². The maximum atomic E-state index is 12.4. The van der Waals surface area contributed by atoms with Gasteiger partial charge >= 0.3 is 6.03 Å². The first-order valence-corrected chi connectivity index (χ1v) is 8.56. The summed E-state index contributed by atoms with van der Waals surface area (Å²) in [5, 5.41) is 3.11. The molecule has 3 atom stereocenters. The van der Waals surface area contributed by atoms with Gasteiger partial charge in [0.05, 0.1) is 6.04 Å². The Labute approximate surface area is 136 Å². The number of nitrogens with zero attached hydrogens (tertiary/aromatic N) is 1. The van der Waals surface area contributed by atoms with E-state index >= 15 is 0 Å². The second-order valence-corrected chi connectivity index (χ2v) is 7.08. The fourth-order valence-electron chi connectivity index (χ4n) is 3.11. The Bertz CT molecular complexity index is 491. The van der Waals surface area contributed by atoms with Crippen molar-refractivity contribution in [3.63, 3.8) is 0 Å². The van der Waals surface area contributed by atoms with Crippen LogP contribution in [0.5, 0.6) is 0 Å². The van der Waals surface area contributed by atoms with Crippen molar-refractivity contribution in [3.05, 3.63) is 34.3 Å². The highest BCUT2D eigenvalue weighted by atomic mass is 79.9. The molecule has 3 nitrogen and oxygen atoms in total. The summed E-state index contributed by atoms with van der Waals surface area (Å²) in [5.41, 5.74) is 1.11. The Hall–Kier alpha value is -1.03. The SMILES string of the molecule is CC1CCCC(N(C)C(=O)NC(C)c2ccccc2Br)C1. The van der Waals surface area contributed by atoms with Crippen LogP contribution in [0.2, 0.25) is 0 Å². The van der Waals surface area contributed by atoms with Gasteiger partial charge in [0, 0.05) is 17.6 Å². The van der Waals surface area contributed by atoms with Gasteiger partial charge in [-0.2, -0.15) is 0 Å². The van der Waals surface area contributed by atoms with E-state index in [1.54, 1.807) is 0 Å². The van der Waals surface area contributed by atoms with Crippen LogP contribution in [0.1, 0.15) is 51.1 Å². The molecule has 1 saturated carbocycles. The lowest BCUT2D eigenvalue weighted by atomic mass is 9.86. The minimum Gasteiger partial charge on any atom is -0.331 e. The summed E-state index contributed by atoms with van der Waals surface area (Å²) in [6.45, 7) is 4.30. The zero-order valence-electron chi connectivity index (χ0n) is 13.1. The Balaban J connectivity index is 1.95. The average molecular weight is 353 g/mol. The van der Waals surface area contributed by atoms with E-state index in [2.05, 4.69) is 28.2 Å². The predicted molar refractivity (Wildman–Crippen MR) is 90.3 cm³/mol. The first-order chi connectivity index (χ1) is 9.99. The number of hydrogen-bond donors (Lipinski definition) is 1. The first kappa shape index (κ1) is 16.3. The number of rotatable bonds is 3. The van der Waals surface area contributed by atoms with Gasteiger partial charge in [0.2, 0.25) is 0 Å². The lowest BCUT2D eigenvalue weighted by Crippen LogP contribution is -2.45. The van der Waals surface area contributed by atoms with Crippen LogP contribution in [0.15, 0.2) is 28.7 Å². The van der Waals surface area contributed by atoms with Crippen LogP contribution in [0, 0.1) is 5.92 Å². The normalized spacial score (nSPS) is 23.4. The Kier molecular flexibility index (Phi) is 5.68. The number of benzene rings is 1. The quantitative estimate of drug-likeness (QED) is 0.837. The van der Waals surface area contributed by atoms with E-state index in [-0.39, 0.29) is 12.1 Å². The molecule has 0 heterocycles. The van der Waals surface area contributed by atoms with Gasteiger partial charge in [-0.1, -0.05) is 53.9 Å². The molecule has 1 aliphatic carbocycles. The van der Waals surface area contributed by atoms with Gasteiger partial charge < -0.3 is 10.2 Å². The number of carbonyl (C=O) groups excluding carboxylic acids is 1. The Morgan fingerprint density at radius 2 is 2.10 bits per heavy atom. The van der Waals surface area contributed by atoms with E-state index in [0.717, 1.165) is 28.8 Å². The van der Waals surface area contributed by atoms with Crippen molar-refractivity contribution in [1.29, 1.82) is 0 Å². The van der Waals surface area contributed by atoms with Crippen LogP contribution < -0.4 is 5.32 Å². The number of amides is 2. The van der Waals surface area contributed by atoms with Crippen molar-refractivity contribution in [3.8, 4) is 0 Å². The molecule has 0 saturated heterocycles. The highest BCUT2D eigenvalue weighted by Gasteiger charge is 2.26. The number of hydrogen-bond acceptors (Lipinski definition) is 1. The van der Waals surface area contributed by atoms with Gasteiger partial charge in [-0.3, -0.25) is 0 Å². The fourth-order valence-corrected chi connectivity index (χ4v) is 3.74. The molecule has 21 heavy (non-hydrogen) atoms. The lowest BCUT2D eigenvalue weighted by Gasteiger charge is -2.34. The first-order valence-electron chi connectivity index (χ1n) is 7.76. The molecule has 1 N–H and O–H groups in total. The van der Waals surface area contributed by atoms with E-state index < -0.39 is 0 Å². The predicted octanol–water partition coefficient (Wildman–Crippen LogP) is 4.73. The van der Waals surface area contributed by atoms with Gasteiger partial charge in [-0.25, -0.2) is 4.79 Å². The molecule has 0 aromatic heterocycles. The number of nitrogens with one attached hydrogen (secondary N) is 1. The third-order valence-electron chi connectivity index (χ3n) is 4.49. The smallest absolute Gasteiger partial charge is 0.317 e. The maximum Gasteiger partial charge on any atom is 0.317 e. The van der Waals surface area contributed by atoms with E-state index in [9.17, 15) is 4.79 Å². The molecule has 1 aromatic carbocycles. The van der Waals surface area contributed by atoms with E-state index in [1.165, 1.54) is 12.8 Å². The van der Waals surface area contributed by atoms with E-state index in [4.69, 9.17) is 0 Å². The van der Waals surface area contributed by atoms with Crippen LogP contribution >= 0.6 is 15.9 Å². The Morgan fingerprint density at radius 1 is 1.38 bits per heavy atom. The monoisotopic (exact) mass is 352 g/mol. The van der Waals surface area contributed by atoms with Crippen LogP contribution in [0.25, 0.3) is 0 Å². The number of halogens is 1. The van der Waals surface area contributed by atoms with Crippen LogP contribution in [-0.2, 0) is 0 Å². The van der Waals surface area contributed by atoms with Gasteiger partial charge in [0.15, 0.2) is 0 Å². The van der Waals surface area contributed by atoms with Crippen molar-refractivity contribution < 1.29 is 4.79 Å². The molecule has 1 fully saturated rings. The van der Waals surface area contributed by atoms with Crippen LogP contribution in [-0.4, -0.2) is 24.0 Å². The van der Waals surface area contributed by atoms with Crippen LogP contribution in [0.4, 0.5) is 4.79 Å². The molecule has 116 valence electrons. The maximum absolute atomic E-state index is 12.4. The van der Waals surface area contributed by atoms with Gasteiger partial charge in [0.25, 0.3) is 0 Å². The largest absolute Gasteiger partial charge is 0.331 e. The molecule has 0 radical (unpaired) electrons. The van der Waals surface area contributed by atoms with E-state index in [1.807, 2.05) is 43.1 Å². The summed E-state index contributed by atoms with van der Waals surface area (Å²) >= 11 is 3.54. The third-order valence-corrected chi connectivity index (χ3v) is 5.21. The molecule has 0 aliphatic heterocycles. The fraction of sp³-hybridized carbons (Fsp3) is 0.588. The molecule has 4 heteroatoms. The highest BCUT2D eigenvalue weighted by molar-refractivity contribution is 9.10. The molecule has 2 amide bonds. The summed E-state index contributed by atoms with van der Waals surface area (Å²) in [6, 6.07) is 8.42. The summed E-state index contributed by atoms with van der Waals surface area (Å²) in [7, 11) is 1.92. The van der Waals surface area contributed by atoms with Gasteiger partial charge in [-0.05, 0) is 37.3 Å².